The molecular weight excluding hydrogens is 352 g/mol. The van der Waals surface area contributed by atoms with E-state index in [1.54, 1.807) is 6.07 Å². The molecule has 0 radical (unpaired) electrons. The van der Waals surface area contributed by atoms with Gasteiger partial charge in [-0.2, -0.15) is 0 Å². The van der Waals surface area contributed by atoms with Crippen molar-refractivity contribution < 1.29 is 9.59 Å². The number of aromatic nitrogens is 1. The van der Waals surface area contributed by atoms with Crippen LogP contribution in [0.15, 0.2) is 30.5 Å². The monoisotopic (exact) mass is 370 g/mol. The number of carbonyl (C=O) groups excluding carboxylic acids is 2. The maximum absolute atomic E-state index is 12.4. The van der Waals surface area contributed by atoms with Crippen molar-refractivity contribution in [2.45, 2.75) is 19.3 Å². The van der Waals surface area contributed by atoms with Crippen LogP contribution in [0.5, 0.6) is 0 Å². The molecule has 0 aliphatic carbocycles. The first-order valence-corrected chi connectivity index (χ1v) is 9.08. The van der Waals surface area contributed by atoms with Crippen molar-refractivity contribution in [1.29, 1.82) is 0 Å². The van der Waals surface area contributed by atoms with Crippen molar-refractivity contribution in [2.75, 3.05) is 23.7 Å². The highest BCUT2D eigenvalue weighted by atomic mass is 35.5. The predicted octanol–water partition coefficient (Wildman–Crippen LogP) is 2.83. The Morgan fingerprint density at radius 1 is 1.31 bits per heavy atom. The highest BCUT2D eigenvalue weighted by Crippen LogP contribution is 2.34. The second-order valence-corrected chi connectivity index (χ2v) is 7.09. The molecule has 3 heterocycles. The number of anilines is 2. The number of nitrogens with one attached hydrogen (secondary N) is 3. The van der Waals surface area contributed by atoms with Crippen molar-refractivity contribution in [3.8, 4) is 11.1 Å². The van der Waals surface area contributed by atoms with Crippen molar-refractivity contribution in [3.63, 3.8) is 0 Å². The third-order valence-electron chi connectivity index (χ3n) is 4.82. The molecule has 1 aromatic carbocycles. The topological polar surface area (TPSA) is 83.1 Å². The molecule has 3 N–H and O–H groups in total. The number of hydrogen-bond acceptors (Lipinski definition) is 4. The van der Waals surface area contributed by atoms with Crippen LogP contribution in [-0.4, -0.2) is 29.9 Å². The maximum atomic E-state index is 12.4. The van der Waals surface area contributed by atoms with Gasteiger partial charge in [-0.3, -0.25) is 9.59 Å². The summed E-state index contributed by atoms with van der Waals surface area (Å²) >= 11 is 6.32. The summed E-state index contributed by atoms with van der Waals surface area (Å²) in [6.07, 6.45) is 3.82. The Hall–Kier alpha value is -2.44. The fourth-order valence-electron chi connectivity index (χ4n) is 3.41. The van der Waals surface area contributed by atoms with E-state index in [4.69, 9.17) is 11.6 Å². The number of halogens is 1. The van der Waals surface area contributed by atoms with Gasteiger partial charge in [-0.1, -0.05) is 23.7 Å². The molecule has 1 atom stereocenters. The number of carbonyl (C=O) groups is 2. The zero-order valence-corrected chi connectivity index (χ0v) is 14.9. The van der Waals surface area contributed by atoms with Gasteiger partial charge in [0.25, 0.3) is 0 Å². The predicted molar refractivity (Wildman–Crippen MR) is 101 cm³/mol. The average Bonchev–Trinajstić information content (AvgIpc) is 3.03. The van der Waals surface area contributed by atoms with Gasteiger partial charge in [-0.05, 0) is 42.6 Å². The molecular formula is C19H19ClN4O2. The summed E-state index contributed by atoms with van der Waals surface area (Å²) in [7, 11) is 0. The van der Waals surface area contributed by atoms with Crippen LogP contribution in [-0.2, 0) is 16.0 Å². The Bertz CT molecular complexity index is 878. The minimum atomic E-state index is -0.0418. The van der Waals surface area contributed by atoms with Crippen LogP contribution in [0, 0.1) is 5.92 Å². The van der Waals surface area contributed by atoms with Gasteiger partial charge in [0.15, 0.2) is 0 Å². The lowest BCUT2D eigenvalue weighted by molar-refractivity contribution is -0.120. The lowest BCUT2D eigenvalue weighted by atomic mass is 9.99. The molecule has 1 fully saturated rings. The fourth-order valence-corrected chi connectivity index (χ4v) is 3.63. The number of benzene rings is 1. The molecule has 7 heteroatoms. The number of nitrogens with zero attached hydrogens (tertiary/aromatic N) is 1. The summed E-state index contributed by atoms with van der Waals surface area (Å²) in [4.78, 5) is 28.2. The van der Waals surface area contributed by atoms with E-state index in [0.717, 1.165) is 41.8 Å². The van der Waals surface area contributed by atoms with Crippen LogP contribution >= 0.6 is 11.6 Å². The number of hydrogen-bond donors (Lipinski definition) is 3. The van der Waals surface area contributed by atoms with Gasteiger partial charge in [0.1, 0.15) is 5.82 Å². The Kier molecular flexibility index (Phi) is 4.61. The first kappa shape index (κ1) is 17.0. The molecule has 134 valence electrons. The Labute approximate surface area is 156 Å². The second-order valence-electron chi connectivity index (χ2n) is 6.68. The van der Waals surface area contributed by atoms with Crippen molar-refractivity contribution in [3.05, 3.63) is 41.0 Å². The normalized spacial score (nSPS) is 19.0. The molecule has 6 nitrogen and oxygen atoms in total. The number of rotatable bonds is 3. The number of amides is 2. The second kappa shape index (κ2) is 7.05. The molecule has 2 aliphatic rings. The summed E-state index contributed by atoms with van der Waals surface area (Å²) in [6.45, 7) is 1.65. The van der Waals surface area contributed by atoms with Crippen LogP contribution in [0.2, 0.25) is 5.02 Å². The zero-order valence-electron chi connectivity index (χ0n) is 14.1. The summed E-state index contributed by atoms with van der Waals surface area (Å²) in [5.74, 6) is 0.399. The summed E-state index contributed by atoms with van der Waals surface area (Å²) in [6, 6.07) is 7.52. The van der Waals surface area contributed by atoms with Crippen LogP contribution in [0.3, 0.4) is 0 Å². The number of piperidine rings is 1. The van der Waals surface area contributed by atoms with Gasteiger partial charge in [-0.15, -0.1) is 0 Å². The fraction of sp³-hybridized carbons (Fsp3) is 0.316. The quantitative estimate of drug-likeness (QED) is 0.775. The lowest BCUT2D eigenvalue weighted by Gasteiger charge is -2.21. The first-order valence-electron chi connectivity index (χ1n) is 8.70. The molecule has 0 bridgehead atoms. The molecule has 2 aliphatic heterocycles. The highest BCUT2D eigenvalue weighted by Gasteiger charge is 2.22. The Morgan fingerprint density at radius 3 is 3.00 bits per heavy atom. The van der Waals surface area contributed by atoms with Gasteiger partial charge >= 0.3 is 0 Å². The summed E-state index contributed by atoms with van der Waals surface area (Å²) in [5.41, 5.74) is 3.41. The smallest absolute Gasteiger partial charge is 0.229 e. The van der Waals surface area contributed by atoms with E-state index in [-0.39, 0.29) is 17.7 Å². The Balaban J connectivity index is 1.58. The molecule has 0 saturated carbocycles. The Morgan fingerprint density at radius 2 is 2.19 bits per heavy atom. The molecule has 1 saturated heterocycles. The van der Waals surface area contributed by atoms with Crippen molar-refractivity contribution in [2.24, 2.45) is 5.92 Å². The van der Waals surface area contributed by atoms with Gasteiger partial charge in [-0.25, -0.2) is 4.98 Å². The SMILES string of the molecule is O=C1Cc2ccc(-c3cc(NC(=O)[C@@H]4CCCNC4)ncc3Cl)cc2N1. The average molecular weight is 371 g/mol. The highest BCUT2D eigenvalue weighted by molar-refractivity contribution is 6.33. The van der Waals surface area contributed by atoms with E-state index < -0.39 is 0 Å². The third kappa shape index (κ3) is 3.43. The van der Waals surface area contributed by atoms with Crippen LogP contribution in [0.25, 0.3) is 11.1 Å². The van der Waals surface area contributed by atoms with Gasteiger partial charge in [0, 0.05) is 24.0 Å². The number of fused-ring (bicyclic) bond motifs is 1. The van der Waals surface area contributed by atoms with E-state index in [1.165, 1.54) is 6.20 Å². The number of pyridine rings is 1. The zero-order chi connectivity index (χ0) is 18.1. The van der Waals surface area contributed by atoms with E-state index in [9.17, 15) is 9.59 Å². The van der Waals surface area contributed by atoms with Crippen LogP contribution in [0.4, 0.5) is 11.5 Å². The standard InChI is InChI=1S/C19H19ClN4O2/c20-15-10-22-17(24-19(26)13-2-1-5-21-9-13)8-14(15)11-3-4-12-7-18(25)23-16(12)6-11/h3-4,6,8,10,13,21H,1-2,5,7,9H2,(H,23,25)(H,22,24,26)/t13-/m1/s1. The molecule has 26 heavy (non-hydrogen) atoms. The van der Waals surface area contributed by atoms with E-state index in [2.05, 4.69) is 20.9 Å². The molecule has 2 aromatic rings. The third-order valence-corrected chi connectivity index (χ3v) is 5.12. The van der Waals surface area contributed by atoms with Crippen LogP contribution < -0.4 is 16.0 Å². The molecule has 0 unspecified atom stereocenters. The molecule has 1 aromatic heterocycles. The summed E-state index contributed by atoms with van der Waals surface area (Å²) in [5, 5.41) is 9.46. The van der Waals surface area contributed by atoms with Gasteiger partial charge in [0.05, 0.1) is 17.4 Å². The lowest BCUT2D eigenvalue weighted by Crippen LogP contribution is -2.37. The minimum absolute atomic E-state index is 0.00739. The van der Waals surface area contributed by atoms with E-state index in [1.807, 2.05) is 18.2 Å². The largest absolute Gasteiger partial charge is 0.326 e. The molecule has 4 rings (SSSR count). The van der Waals surface area contributed by atoms with Crippen molar-refractivity contribution >= 4 is 34.9 Å². The molecule has 2 amide bonds. The van der Waals surface area contributed by atoms with Gasteiger partial charge < -0.3 is 16.0 Å². The summed E-state index contributed by atoms with van der Waals surface area (Å²) < 4.78 is 0. The van der Waals surface area contributed by atoms with E-state index in [0.29, 0.717) is 23.8 Å². The maximum Gasteiger partial charge on any atom is 0.229 e. The molecule has 0 spiro atoms. The minimum Gasteiger partial charge on any atom is -0.326 e. The van der Waals surface area contributed by atoms with E-state index >= 15 is 0 Å². The first-order chi connectivity index (χ1) is 12.6. The van der Waals surface area contributed by atoms with Crippen molar-refractivity contribution in [1.82, 2.24) is 10.3 Å². The van der Waals surface area contributed by atoms with Crippen LogP contribution in [0.1, 0.15) is 18.4 Å². The van der Waals surface area contributed by atoms with Gasteiger partial charge in [0.2, 0.25) is 11.8 Å².